The molecule has 7 nitrogen and oxygen atoms in total. The predicted octanol–water partition coefficient (Wildman–Crippen LogP) is -0.0677. The number of nitrogens with one attached hydrogen (secondary N) is 1. The van der Waals surface area contributed by atoms with Crippen LogP contribution in [-0.2, 0) is 16.6 Å². The largest absolute Gasteiger partial charge is 0.384 e. The zero-order chi connectivity index (χ0) is 13.0. The minimum absolute atomic E-state index is 0.0732. The molecule has 2 aromatic rings. The van der Waals surface area contributed by atoms with Gasteiger partial charge in [0.15, 0.2) is 0 Å². The second-order valence-electron chi connectivity index (χ2n) is 3.44. The van der Waals surface area contributed by atoms with Gasteiger partial charge in [0.2, 0.25) is 10.0 Å². The van der Waals surface area contributed by atoms with E-state index in [0.29, 0.717) is 5.69 Å². The maximum Gasteiger partial charge on any atom is 0.241 e. The van der Waals surface area contributed by atoms with Crippen molar-refractivity contribution in [3.8, 4) is 0 Å². The van der Waals surface area contributed by atoms with Gasteiger partial charge in [-0.05, 0) is 12.1 Å². The topological polar surface area (TPSA) is 111 Å². The molecule has 2 rings (SSSR count). The molecule has 0 bridgehead atoms. The van der Waals surface area contributed by atoms with Crippen molar-refractivity contribution in [2.45, 2.75) is 11.4 Å². The van der Waals surface area contributed by atoms with Crippen molar-refractivity contribution in [1.29, 1.82) is 0 Å². The Bertz CT molecular complexity index is 630. The molecule has 0 aromatic carbocycles. The zero-order valence-corrected chi connectivity index (χ0v) is 10.1. The normalized spacial score (nSPS) is 11.3. The van der Waals surface area contributed by atoms with Gasteiger partial charge in [-0.2, -0.15) is 0 Å². The molecule has 8 heteroatoms. The highest BCUT2D eigenvalue weighted by molar-refractivity contribution is 7.89. The lowest BCUT2D eigenvalue weighted by molar-refractivity contribution is 0.580. The van der Waals surface area contributed by atoms with Crippen molar-refractivity contribution < 1.29 is 8.42 Å². The van der Waals surface area contributed by atoms with E-state index in [4.69, 9.17) is 5.73 Å². The van der Waals surface area contributed by atoms with E-state index in [9.17, 15) is 8.42 Å². The summed E-state index contributed by atoms with van der Waals surface area (Å²) >= 11 is 0. The minimum atomic E-state index is -3.61. The number of anilines is 1. The lowest BCUT2D eigenvalue weighted by atomic mass is 10.4. The molecule has 0 aliphatic rings. The van der Waals surface area contributed by atoms with E-state index < -0.39 is 10.0 Å². The number of sulfonamides is 1. The van der Waals surface area contributed by atoms with Crippen LogP contribution < -0.4 is 10.5 Å². The standard InChI is InChI=1S/C10H11N5O2S/c11-10-5-9(2-4-13-10)18(16,17)15-6-8-1-3-12-7-14-8/h1-5,7,15H,6H2,(H2,11,13). The summed E-state index contributed by atoms with van der Waals surface area (Å²) in [6.07, 6.45) is 4.24. The first-order valence-electron chi connectivity index (χ1n) is 5.04. The van der Waals surface area contributed by atoms with Crippen LogP contribution in [0.25, 0.3) is 0 Å². The Hall–Kier alpha value is -2.06. The first-order valence-corrected chi connectivity index (χ1v) is 6.52. The van der Waals surface area contributed by atoms with E-state index in [1.165, 1.54) is 24.7 Å². The molecule has 0 saturated heterocycles. The Morgan fingerprint density at radius 1 is 1.22 bits per heavy atom. The van der Waals surface area contributed by atoms with Crippen molar-refractivity contribution in [3.63, 3.8) is 0 Å². The van der Waals surface area contributed by atoms with E-state index >= 15 is 0 Å². The number of nitrogen functional groups attached to an aromatic ring is 1. The van der Waals surface area contributed by atoms with E-state index in [1.54, 1.807) is 12.3 Å². The molecule has 2 heterocycles. The number of aromatic nitrogens is 3. The fourth-order valence-corrected chi connectivity index (χ4v) is 2.29. The first kappa shape index (κ1) is 12.4. The third kappa shape index (κ3) is 2.99. The van der Waals surface area contributed by atoms with E-state index in [0.717, 1.165) is 0 Å². The van der Waals surface area contributed by atoms with Crippen LogP contribution in [0.15, 0.2) is 41.8 Å². The highest BCUT2D eigenvalue weighted by Gasteiger charge is 2.14. The summed E-state index contributed by atoms with van der Waals surface area (Å²) in [7, 11) is -3.61. The summed E-state index contributed by atoms with van der Waals surface area (Å²) < 4.78 is 26.3. The summed E-state index contributed by atoms with van der Waals surface area (Å²) in [5.74, 6) is 0.153. The molecule has 94 valence electrons. The molecule has 0 radical (unpaired) electrons. The van der Waals surface area contributed by atoms with Crippen LogP contribution >= 0.6 is 0 Å². The number of hydrogen-bond donors (Lipinski definition) is 2. The summed E-state index contributed by atoms with van der Waals surface area (Å²) in [6.45, 7) is 0.0904. The Balaban J connectivity index is 2.13. The minimum Gasteiger partial charge on any atom is -0.384 e. The van der Waals surface area contributed by atoms with Gasteiger partial charge in [-0.15, -0.1) is 0 Å². The molecular weight excluding hydrogens is 254 g/mol. The van der Waals surface area contributed by atoms with Crippen LogP contribution in [0, 0.1) is 0 Å². The molecule has 0 amide bonds. The second kappa shape index (κ2) is 5.07. The van der Waals surface area contributed by atoms with Crippen molar-refractivity contribution in [3.05, 3.63) is 42.6 Å². The summed E-state index contributed by atoms with van der Waals surface area (Å²) in [5.41, 5.74) is 6.02. The van der Waals surface area contributed by atoms with Gasteiger partial charge in [-0.3, -0.25) is 0 Å². The Kier molecular flexibility index (Phi) is 3.49. The molecule has 0 atom stereocenters. The Labute approximate surface area is 104 Å². The molecule has 0 fully saturated rings. The zero-order valence-electron chi connectivity index (χ0n) is 9.31. The van der Waals surface area contributed by atoms with Crippen LogP contribution in [0.1, 0.15) is 5.69 Å². The van der Waals surface area contributed by atoms with Crippen molar-refractivity contribution in [1.82, 2.24) is 19.7 Å². The fraction of sp³-hybridized carbons (Fsp3) is 0.100. The van der Waals surface area contributed by atoms with Crippen molar-refractivity contribution in [2.24, 2.45) is 0 Å². The van der Waals surface area contributed by atoms with Crippen LogP contribution in [0.4, 0.5) is 5.82 Å². The smallest absolute Gasteiger partial charge is 0.241 e. The number of hydrogen-bond acceptors (Lipinski definition) is 6. The van der Waals surface area contributed by atoms with Crippen LogP contribution in [0.2, 0.25) is 0 Å². The monoisotopic (exact) mass is 265 g/mol. The molecule has 0 spiro atoms. The molecule has 3 N–H and O–H groups in total. The van der Waals surface area contributed by atoms with Crippen LogP contribution in [0.5, 0.6) is 0 Å². The average molecular weight is 265 g/mol. The van der Waals surface area contributed by atoms with Gasteiger partial charge in [-0.1, -0.05) is 0 Å². The molecule has 0 saturated carbocycles. The van der Waals surface area contributed by atoms with Gasteiger partial charge in [0, 0.05) is 18.5 Å². The fourth-order valence-electron chi connectivity index (χ4n) is 1.27. The van der Waals surface area contributed by atoms with Crippen LogP contribution in [0.3, 0.4) is 0 Å². The quantitative estimate of drug-likeness (QED) is 0.800. The van der Waals surface area contributed by atoms with Gasteiger partial charge in [0.05, 0.1) is 17.1 Å². The van der Waals surface area contributed by atoms with Crippen LogP contribution in [-0.4, -0.2) is 23.4 Å². The second-order valence-corrected chi connectivity index (χ2v) is 5.21. The number of nitrogens with two attached hydrogens (primary N) is 1. The SMILES string of the molecule is Nc1cc(S(=O)(=O)NCc2ccncn2)ccn1. The highest BCUT2D eigenvalue weighted by Crippen LogP contribution is 2.10. The van der Waals surface area contributed by atoms with Gasteiger partial charge >= 0.3 is 0 Å². The van der Waals surface area contributed by atoms with Gasteiger partial charge in [0.1, 0.15) is 12.1 Å². The third-order valence-corrected chi connectivity index (χ3v) is 3.55. The molecular formula is C10H11N5O2S. The van der Waals surface area contributed by atoms with Gasteiger partial charge in [0.25, 0.3) is 0 Å². The number of nitrogens with zero attached hydrogens (tertiary/aromatic N) is 3. The Morgan fingerprint density at radius 3 is 2.72 bits per heavy atom. The first-order chi connectivity index (χ1) is 8.58. The number of rotatable bonds is 4. The Morgan fingerprint density at radius 2 is 2.06 bits per heavy atom. The lowest BCUT2D eigenvalue weighted by Crippen LogP contribution is -2.23. The van der Waals surface area contributed by atoms with E-state index in [2.05, 4.69) is 19.7 Å². The molecule has 0 aliphatic carbocycles. The van der Waals surface area contributed by atoms with E-state index in [-0.39, 0.29) is 17.3 Å². The van der Waals surface area contributed by atoms with Crippen molar-refractivity contribution >= 4 is 15.8 Å². The highest BCUT2D eigenvalue weighted by atomic mass is 32.2. The van der Waals surface area contributed by atoms with Gasteiger partial charge < -0.3 is 5.73 Å². The molecule has 2 aromatic heterocycles. The molecule has 18 heavy (non-hydrogen) atoms. The molecule has 0 aliphatic heterocycles. The maximum absolute atomic E-state index is 11.9. The predicted molar refractivity (Wildman–Crippen MR) is 64.7 cm³/mol. The lowest BCUT2D eigenvalue weighted by Gasteiger charge is -2.06. The average Bonchev–Trinajstić information content (AvgIpc) is 2.38. The number of pyridine rings is 1. The van der Waals surface area contributed by atoms with Crippen molar-refractivity contribution in [2.75, 3.05) is 5.73 Å². The summed E-state index contributed by atoms with van der Waals surface area (Å²) in [4.78, 5) is 11.5. The third-order valence-electron chi connectivity index (χ3n) is 2.15. The summed E-state index contributed by atoms with van der Waals surface area (Å²) in [5, 5.41) is 0. The van der Waals surface area contributed by atoms with E-state index in [1.807, 2.05) is 0 Å². The molecule has 0 unspecified atom stereocenters. The maximum atomic E-state index is 11.9. The van der Waals surface area contributed by atoms with Gasteiger partial charge in [-0.25, -0.2) is 28.1 Å². The summed E-state index contributed by atoms with van der Waals surface area (Å²) in [6, 6.07) is 4.30.